The van der Waals surface area contributed by atoms with Crippen molar-refractivity contribution in [2.75, 3.05) is 6.54 Å². The zero-order valence-corrected chi connectivity index (χ0v) is 10.7. The second kappa shape index (κ2) is 6.00. The zero-order chi connectivity index (χ0) is 13.0. The van der Waals surface area contributed by atoms with Crippen LogP contribution in [0.4, 0.5) is 0 Å². The highest BCUT2D eigenvalue weighted by Crippen LogP contribution is 2.32. The maximum Gasteiger partial charge on any atom is 0.320 e. The minimum atomic E-state index is -0.864. The third kappa shape index (κ3) is 4.73. The molecule has 1 rings (SSSR count). The number of hydrogen-bond acceptors (Lipinski definition) is 3. The number of amides is 1. The Morgan fingerprint density at radius 1 is 1.29 bits per heavy atom. The van der Waals surface area contributed by atoms with E-state index in [1.807, 2.05) is 20.8 Å². The van der Waals surface area contributed by atoms with E-state index in [9.17, 15) is 9.59 Å². The minimum absolute atomic E-state index is 0.0739. The first-order valence-electron chi connectivity index (χ1n) is 6.17. The molecule has 2 unspecified atom stereocenters. The van der Waals surface area contributed by atoms with Crippen molar-refractivity contribution in [2.45, 2.75) is 45.7 Å². The number of carboxylic acids is 1. The van der Waals surface area contributed by atoms with Crippen LogP contribution in [-0.4, -0.2) is 35.6 Å². The van der Waals surface area contributed by atoms with Gasteiger partial charge in [0.2, 0.25) is 5.91 Å². The van der Waals surface area contributed by atoms with E-state index >= 15 is 0 Å². The van der Waals surface area contributed by atoms with Gasteiger partial charge in [0.05, 0.1) is 6.54 Å². The summed E-state index contributed by atoms with van der Waals surface area (Å²) in [6.07, 6.45) is 1.88. The normalized spacial score (nSPS) is 18.8. The van der Waals surface area contributed by atoms with Crippen molar-refractivity contribution in [3.05, 3.63) is 0 Å². The van der Waals surface area contributed by atoms with E-state index in [0.29, 0.717) is 5.92 Å². The quantitative estimate of drug-likeness (QED) is 0.611. The van der Waals surface area contributed by atoms with E-state index < -0.39 is 12.0 Å². The summed E-state index contributed by atoms with van der Waals surface area (Å²) in [5, 5.41) is 14.6. The van der Waals surface area contributed by atoms with E-state index in [-0.39, 0.29) is 24.4 Å². The molecular weight excluding hydrogens is 220 g/mol. The lowest BCUT2D eigenvalue weighted by Gasteiger charge is -2.19. The first-order chi connectivity index (χ1) is 7.91. The highest BCUT2D eigenvalue weighted by atomic mass is 16.4. The smallest absolute Gasteiger partial charge is 0.320 e. The van der Waals surface area contributed by atoms with Gasteiger partial charge in [-0.25, -0.2) is 0 Å². The number of aliphatic carboxylic acids is 1. The lowest BCUT2D eigenvalue weighted by molar-refractivity contribution is -0.140. The summed E-state index contributed by atoms with van der Waals surface area (Å²) in [6, 6.07) is -0.469. The van der Waals surface area contributed by atoms with Crippen LogP contribution in [0, 0.1) is 11.8 Å². The summed E-state index contributed by atoms with van der Waals surface area (Å²) in [5.41, 5.74) is 0. The molecule has 1 fully saturated rings. The van der Waals surface area contributed by atoms with Gasteiger partial charge in [0.15, 0.2) is 0 Å². The SMILES string of the molecule is CC(C)C(C)NC(=O)CNC(C(=O)O)C1CC1. The van der Waals surface area contributed by atoms with Gasteiger partial charge in [-0.2, -0.15) is 0 Å². The average Bonchev–Trinajstić information content (AvgIpc) is 3.01. The Balaban J connectivity index is 2.29. The van der Waals surface area contributed by atoms with Crippen molar-refractivity contribution >= 4 is 11.9 Å². The van der Waals surface area contributed by atoms with Gasteiger partial charge in [0, 0.05) is 6.04 Å². The van der Waals surface area contributed by atoms with Gasteiger partial charge in [-0.15, -0.1) is 0 Å². The molecule has 1 aliphatic rings. The predicted octanol–water partition coefficient (Wildman–Crippen LogP) is 0.600. The molecule has 0 aromatic rings. The number of rotatable bonds is 7. The molecule has 0 aromatic carbocycles. The minimum Gasteiger partial charge on any atom is -0.480 e. The van der Waals surface area contributed by atoms with Crippen molar-refractivity contribution in [3.8, 4) is 0 Å². The van der Waals surface area contributed by atoms with E-state index in [1.54, 1.807) is 0 Å². The molecule has 3 N–H and O–H groups in total. The highest BCUT2D eigenvalue weighted by molar-refractivity contribution is 5.80. The van der Waals surface area contributed by atoms with Crippen molar-refractivity contribution in [1.29, 1.82) is 0 Å². The molecular formula is C12H22N2O3. The number of nitrogens with one attached hydrogen (secondary N) is 2. The van der Waals surface area contributed by atoms with Gasteiger partial charge in [0.25, 0.3) is 0 Å². The number of hydrogen-bond donors (Lipinski definition) is 3. The van der Waals surface area contributed by atoms with Crippen molar-refractivity contribution in [3.63, 3.8) is 0 Å². The fourth-order valence-electron chi connectivity index (χ4n) is 1.56. The topological polar surface area (TPSA) is 78.4 Å². The Morgan fingerprint density at radius 3 is 2.29 bits per heavy atom. The number of carbonyl (C=O) groups is 2. The Hall–Kier alpha value is -1.10. The maximum atomic E-state index is 11.6. The first-order valence-corrected chi connectivity index (χ1v) is 6.17. The molecule has 1 aliphatic carbocycles. The first kappa shape index (κ1) is 14.0. The molecule has 2 atom stereocenters. The monoisotopic (exact) mass is 242 g/mol. The van der Waals surface area contributed by atoms with E-state index in [4.69, 9.17) is 5.11 Å². The summed E-state index contributed by atoms with van der Waals surface area (Å²) in [6.45, 7) is 6.08. The molecule has 0 bridgehead atoms. The molecule has 17 heavy (non-hydrogen) atoms. The zero-order valence-electron chi connectivity index (χ0n) is 10.7. The van der Waals surface area contributed by atoms with Crippen molar-refractivity contribution in [1.82, 2.24) is 10.6 Å². The van der Waals surface area contributed by atoms with Crippen LogP contribution in [0.5, 0.6) is 0 Å². The van der Waals surface area contributed by atoms with Gasteiger partial charge in [-0.1, -0.05) is 13.8 Å². The highest BCUT2D eigenvalue weighted by Gasteiger charge is 2.36. The lowest BCUT2D eigenvalue weighted by Crippen LogP contribution is -2.46. The van der Waals surface area contributed by atoms with Crippen LogP contribution in [0.25, 0.3) is 0 Å². The molecule has 98 valence electrons. The van der Waals surface area contributed by atoms with Gasteiger partial charge in [-0.3, -0.25) is 14.9 Å². The van der Waals surface area contributed by atoms with E-state index in [0.717, 1.165) is 12.8 Å². The van der Waals surface area contributed by atoms with Crippen molar-refractivity contribution in [2.24, 2.45) is 11.8 Å². The van der Waals surface area contributed by atoms with Gasteiger partial charge >= 0.3 is 5.97 Å². The second-order valence-corrected chi connectivity index (χ2v) is 5.13. The lowest BCUT2D eigenvalue weighted by atomic mass is 10.1. The van der Waals surface area contributed by atoms with Crippen LogP contribution in [0.15, 0.2) is 0 Å². The molecule has 5 heteroatoms. The third-order valence-corrected chi connectivity index (χ3v) is 3.23. The predicted molar refractivity (Wildman–Crippen MR) is 64.6 cm³/mol. The Morgan fingerprint density at radius 2 is 1.88 bits per heavy atom. The van der Waals surface area contributed by atoms with Gasteiger partial charge in [0.1, 0.15) is 6.04 Å². The fourth-order valence-corrected chi connectivity index (χ4v) is 1.56. The molecule has 0 aliphatic heterocycles. The van der Waals surface area contributed by atoms with E-state index in [1.165, 1.54) is 0 Å². The third-order valence-electron chi connectivity index (χ3n) is 3.23. The summed E-state index contributed by atoms with van der Waals surface area (Å²) in [7, 11) is 0. The second-order valence-electron chi connectivity index (χ2n) is 5.13. The molecule has 1 amide bonds. The van der Waals surface area contributed by atoms with Crippen LogP contribution in [0.2, 0.25) is 0 Å². The number of carbonyl (C=O) groups excluding carboxylic acids is 1. The summed E-state index contributed by atoms with van der Waals surface area (Å²) < 4.78 is 0. The van der Waals surface area contributed by atoms with Crippen LogP contribution in [-0.2, 0) is 9.59 Å². The van der Waals surface area contributed by atoms with E-state index in [2.05, 4.69) is 10.6 Å². The maximum absolute atomic E-state index is 11.6. The Bertz CT molecular complexity index is 287. The largest absolute Gasteiger partial charge is 0.480 e. The Labute approximate surface area is 102 Å². The van der Waals surface area contributed by atoms with Crippen molar-refractivity contribution < 1.29 is 14.7 Å². The average molecular weight is 242 g/mol. The van der Waals surface area contributed by atoms with Crippen LogP contribution >= 0.6 is 0 Å². The fraction of sp³-hybridized carbons (Fsp3) is 0.833. The standard InChI is InChI=1S/C12H22N2O3/c1-7(2)8(3)14-10(15)6-13-11(12(16)17)9-4-5-9/h7-9,11,13H,4-6H2,1-3H3,(H,14,15)(H,16,17). The summed E-state index contributed by atoms with van der Waals surface area (Å²) in [4.78, 5) is 22.5. The molecule has 5 nitrogen and oxygen atoms in total. The molecule has 0 heterocycles. The summed E-state index contributed by atoms with van der Waals surface area (Å²) in [5.74, 6) is -0.434. The molecule has 0 saturated heterocycles. The molecule has 1 saturated carbocycles. The molecule has 0 spiro atoms. The molecule has 0 radical (unpaired) electrons. The van der Waals surface area contributed by atoms with Crippen LogP contribution in [0.3, 0.4) is 0 Å². The van der Waals surface area contributed by atoms with Crippen LogP contribution in [0.1, 0.15) is 33.6 Å². The summed E-state index contributed by atoms with van der Waals surface area (Å²) >= 11 is 0. The Kier molecular flexibility index (Phi) is 4.93. The molecule has 0 aromatic heterocycles. The van der Waals surface area contributed by atoms with Gasteiger partial charge in [-0.05, 0) is 31.6 Å². The number of carboxylic acid groups (broad SMARTS) is 1. The van der Waals surface area contributed by atoms with Crippen LogP contribution < -0.4 is 10.6 Å². The van der Waals surface area contributed by atoms with Gasteiger partial charge < -0.3 is 10.4 Å².